The maximum Gasteiger partial charge on any atom is 0.263 e. The SMILES string of the molecule is O=C(NCc1ncn[nH]1)c1cnc(-c2ccccc2F)s1. The number of H-pyrrole nitrogens is 1. The van der Waals surface area contributed by atoms with Gasteiger partial charge in [0.25, 0.3) is 5.91 Å². The Hall–Kier alpha value is -2.61. The lowest BCUT2D eigenvalue weighted by Gasteiger charge is -1.99. The Morgan fingerprint density at radius 2 is 2.19 bits per heavy atom. The maximum absolute atomic E-state index is 13.7. The van der Waals surface area contributed by atoms with Gasteiger partial charge in [0.05, 0.1) is 12.7 Å². The van der Waals surface area contributed by atoms with E-state index in [0.29, 0.717) is 21.3 Å². The van der Waals surface area contributed by atoms with Gasteiger partial charge < -0.3 is 5.32 Å². The molecule has 0 radical (unpaired) electrons. The molecule has 0 atom stereocenters. The van der Waals surface area contributed by atoms with Crippen LogP contribution in [-0.4, -0.2) is 26.1 Å². The number of aromatic nitrogens is 4. The highest BCUT2D eigenvalue weighted by Crippen LogP contribution is 2.27. The van der Waals surface area contributed by atoms with Gasteiger partial charge in [-0.1, -0.05) is 12.1 Å². The summed E-state index contributed by atoms with van der Waals surface area (Å²) in [5.74, 6) is -0.0888. The van der Waals surface area contributed by atoms with Gasteiger partial charge in [-0.25, -0.2) is 14.4 Å². The summed E-state index contributed by atoms with van der Waals surface area (Å²) >= 11 is 1.14. The molecule has 3 aromatic rings. The monoisotopic (exact) mass is 303 g/mol. The molecular formula is C13H10FN5OS. The molecule has 0 unspecified atom stereocenters. The smallest absolute Gasteiger partial charge is 0.263 e. The molecule has 1 amide bonds. The molecule has 0 bridgehead atoms. The van der Waals surface area contributed by atoms with Crippen LogP contribution >= 0.6 is 11.3 Å². The Labute approximate surface area is 123 Å². The molecule has 0 saturated carbocycles. The van der Waals surface area contributed by atoms with Crippen LogP contribution in [0.3, 0.4) is 0 Å². The van der Waals surface area contributed by atoms with E-state index in [1.165, 1.54) is 18.6 Å². The molecule has 1 aromatic carbocycles. The fraction of sp³-hybridized carbons (Fsp3) is 0.0769. The van der Waals surface area contributed by atoms with E-state index in [1.807, 2.05) is 0 Å². The van der Waals surface area contributed by atoms with Crippen molar-refractivity contribution in [2.24, 2.45) is 0 Å². The first-order valence-corrected chi connectivity index (χ1v) is 6.89. The molecule has 0 aliphatic rings. The molecule has 6 nitrogen and oxygen atoms in total. The number of carbonyl (C=O) groups excluding carboxylic acids is 1. The van der Waals surface area contributed by atoms with E-state index >= 15 is 0 Å². The summed E-state index contributed by atoms with van der Waals surface area (Å²) in [7, 11) is 0. The molecule has 2 heterocycles. The minimum atomic E-state index is -0.361. The normalized spacial score (nSPS) is 10.5. The van der Waals surface area contributed by atoms with Gasteiger partial charge in [0.2, 0.25) is 0 Å². The van der Waals surface area contributed by atoms with Gasteiger partial charge in [0.1, 0.15) is 27.9 Å². The number of thiazole rings is 1. The van der Waals surface area contributed by atoms with E-state index in [-0.39, 0.29) is 18.3 Å². The van der Waals surface area contributed by atoms with Crippen LogP contribution in [0.25, 0.3) is 10.6 Å². The van der Waals surface area contributed by atoms with Gasteiger partial charge >= 0.3 is 0 Å². The number of amides is 1. The summed E-state index contributed by atoms with van der Waals surface area (Å²) in [5, 5.41) is 9.49. The highest BCUT2D eigenvalue weighted by Gasteiger charge is 2.14. The zero-order valence-electron chi connectivity index (χ0n) is 10.7. The van der Waals surface area contributed by atoms with Gasteiger partial charge in [0, 0.05) is 5.56 Å². The molecule has 21 heavy (non-hydrogen) atoms. The number of nitrogens with one attached hydrogen (secondary N) is 2. The summed E-state index contributed by atoms with van der Waals surface area (Å²) in [5.41, 5.74) is 0.386. The van der Waals surface area contributed by atoms with Crippen molar-refractivity contribution in [2.45, 2.75) is 6.54 Å². The van der Waals surface area contributed by atoms with Crippen LogP contribution in [0.15, 0.2) is 36.8 Å². The molecule has 0 aliphatic heterocycles. The minimum Gasteiger partial charge on any atom is -0.344 e. The molecule has 0 spiro atoms. The van der Waals surface area contributed by atoms with Crippen LogP contribution in [0.4, 0.5) is 4.39 Å². The van der Waals surface area contributed by atoms with E-state index in [0.717, 1.165) is 11.3 Å². The number of carbonyl (C=O) groups is 1. The number of halogens is 1. The summed E-state index contributed by atoms with van der Waals surface area (Å²) in [4.78, 5) is 20.4. The quantitative estimate of drug-likeness (QED) is 0.772. The molecule has 0 saturated heterocycles. The molecule has 0 fully saturated rings. The van der Waals surface area contributed by atoms with Gasteiger partial charge in [-0.3, -0.25) is 9.89 Å². The Morgan fingerprint density at radius 1 is 1.33 bits per heavy atom. The number of nitrogens with zero attached hydrogens (tertiary/aromatic N) is 3. The minimum absolute atomic E-state index is 0.242. The average Bonchev–Trinajstić information content (AvgIpc) is 3.17. The lowest BCUT2D eigenvalue weighted by atomic mass is 10.2. The van der Waals surface area contributed by atoms with Crippen molar-refractivity contribution in [3.05, 3.63) is 53.3 Å². The van der Waals surface area contributed by atoms with Crippen LogP contribution < -0.4 is 5.32 Å². The van der Waals surface area contributed by atoms with Crippen molar-refractivity contribution in [1.29, 1.82) is 0 Å². The van der Waals surface area contributed by atoms with Crippen LogP contribution in [0.5, 0.6) is 0 Å². The zero-order valence-corrected chi connectivity index (χ0v) is 11.5. The summed E-state index contributed by atoms with van der Waals surface area (Å²) in [6, 6.07) is 6.33. The van der Waals surface area contributed by atoms with Gasteiger partial charge in [-0.2, -0.15) is 5.10 Å². The van der Waals surface area contributed by atoms with E-state index in [4.69, 9.17) is 0 Å². The third kappa shape index (κ3) is 2.95. The molecule has 2 aromatic heterocycles. The number of aromatic amines is 1. The fourth-order valence-electron chi connectivity index (χ4n) is 1.71. The first-order chi connectivity index (χ1) is 10.2. The third-order valence-corrected chi connectivity index (χ3v) is 3.74. The molecule has 2 N–H and O–H groups in total. The Kier molecular flexibility index (Phi) is 3.69. The third-order valence-electron chi connectivity index (χ3n) is 2.72. The topological polar surface area (TPSA) is 83.6 Å². The van der Waals surface area contributed by atoms with Gasteiger partial charge in [0.15, 0.2) is 0 Å². The lowest BCUT2D eigenvalue weighted by molar-refractivity contribution is 0.0954. The largest absolute Gasteiger partial charge is 0.344 e. The molecule has 106 valence electrons. The summed E-state index contributed by atoms with van der Waals surface area (Å²) in [6.45, 7) is 0.242. The van der Waals surface area contributed by atoms with Crippen molar-refractivity contribution >= 4 is 17.2 Å². The van der Waals surface area contributed by atoms with Gasteiger partial charge in [-0.15, -0.1) is 11.3 Å². The molecule has 8 heteroatoms. The maximum atomic E-state index is 13.7. The second kappa shape index (κ2) is 5.80. The van der Waals surface area contributed by atoms with Crippen LogP contribution in [0, 0.1) is 5.82 Å². The highest BCUT2D eigenvalue weighted by molar-refractivity contribution is 7.16. The number of hydrogen-bond acceptors (Lipinski definition) is 5. The number of rotatable bonds is 4. The van der Waals surface area contributed by atoms with Crippen LogP contribution in [0.1, 0.15) is 15.5 Å². The van der Waals surface area contributed by atoms with Gasteiger partial charge in [-0.05, 0) is 12.1 Å². The van der Waals surface area contributed by atoms with Crippen molar-refractivity contribution in [1.82, 2.24) is 25.5 Å². The number of benzene rings is 1. The Morgan fingerprint density at radius 3 is 2.95 bits per heavy atom. The summed E-state index contributed by atoms with van der Waals surface area (Å²) < 4.78 is 13.7. The van der Waals surface area contributed by atoms with E-state index in [2.05, 4.69) is 25.5 Å². The first kappa shape index (κ1) is 13.4. The van der Waals surface area contributed by atoms with Crippen molar-refractivity contribution < 1.29 is 9.18 Å². The standard InChI is InChI=1S/C13H10FN5OS/c14-9-4-2-1-3-8(9)13-16-5-10(21-13)12(20)15-6-11-17-7-18-19-11/h1-5,7H,6H2,(H,15,20)(H,17,18,19). The molecule has 3 rings (SSSR count). The van der Waals surface area contributed by atoms with Crippen molar-refractivity contribution in [3.63, 3.8) is 0 Å². The zero-order chi connectivity index (χ0) is 14.7. The second-order valence-corrected chi connectivity index (χ2v) is 5.16. The molecular weight excluding hydrogens is 293 g/mol. The van der Waals surface area contributed by atoms with E-state index < -0.39 is 0 Å². The second-order valence-electron chi connectivity index (χ2n) is 4.12. The van der Waals surface area contributed by atoms with Crippen LogP contribution in [-0.2, 0) is 6.54 Å². The van der Waals surface area contributed by atoms with Crippen molar-refractivity contribution in [2.75, 3.05) is 0 Å². The number of hydrogen-bond donors (Lipinski definition) is 2. The predicted octanol–water partition coefficient (Wildman–Crippen LogP) is 2.00. The van der Waals surface area contributed by atoms with E-state index in [1.54, 1.807) is 18.2 Å². The predicted molar refractivity (Wildman–Crippen MR) is 75.1 cm³/mol. The average molecular weight is 303 g/mol. The highest BCUT2D eigenvalue weighted by atomic mass is 32.1. The Bertz CT molecular complexity index is 756. The fourth-order valence-corrected chi connectivity index (χ4v) is 2.56. The Balaban J connectivity index is 1.73. The first-order valence-electron chi connectivity index (χ1n) is 6.07. The molecule has 0 aliphatic carbocycles. The van der Waals surface area contributed by atoms with E-state index in [9.17, 15) is 9.18 Å². The lowest BCUT2D eigenvalue weighted by Crippen LogP contribution is -2.22. The summed E-state index contributed by atoms with van der Waals surface area (Å²) in [6.07, 6.45) is 2.80. The van der Waals surface area contributed by atoms with Crippen LogP contribution in [0.2, 0.25) is 0 Å². The van der Waals surface area contributed by atoms with Crippen molar-refractivity contribution in [3.8, 4) is 10.6 Å².